The third kappa shape index (κ3) is 2.63. The number of benzene rings is 1. The van der Waals surface area contributed by atoms with E-state index in [0.717, 1.165) is 31.7 Å². The summed E-state index contributed by atoms with van der Waals surface area (Å²) in [6.45, 7) is 8.07. The topological polar surface area (TPSA) is 32.3 Å². The van der Waals surface area contributed by atoms with E-state index in [-0.39, 0.29) is 18.3 Å². The van der Waals surface area contributed by atoms with Crippen molar-refractivity contribution in [1.29, 1.82) is 0 Å². The number of halogens is 1. The van der Waals surface area contributed by atoms with Gasteiger partial charge in [0.2, 0.25) is 0 Å². The zero-order valence-corrected chi connectivity index (χ0v) is 12.3. The van der Waals surface area contributed by atoms with Crippen LogP contribution < -0.4 is 5.32 Å². The first kappa shape index (κ1) is 14.4. The summed E-state index contributed by atoms with van der Waals surface area (Å²) in [5.41, 5.74) is 3.45. The van der Waals surface area contributed by atoms with Gasteiger partial charge in [0, 0.05) is 31.7 Å². The fourth-order valence-corrected chi connectivity index (χ4v) is 2.91. The molecule has 19 heavy (non-hydrogen) atoms. The highest BCUT2D eigenvalue weighted by atomic mass is 35.5. The SMILES string of the molecule is CC1CN(C(=O)c2ccc3c(c2)CNC3)CC1C.Cl. The van der Waals surface area contributed by atoms with E-state index in [4.69, 9.17) is 0 Å². The maximum Gasteiger partial charge on any atom is 0.253 e. The van der Waals surface area contributed by atoms with Gasteiger partial charge < -0.3 is 10.2 Å². The number of nitrogens with zero attached hydrogens (tertiary/aromatic N) is 1. The quantitative estimate of drug-likeness (QED) is 0.857. The standard InChI is InChI=1S/C15H20N2O.ClH/c1-10-8-17(9-11(10)2)15(18)12-3-4-13-6-16-7-14(13)5-12;/h3-5,10-11,16H,6-9H2,1-2H3;1H. The first-order valence-corrected chi connectivity index (χ1v) is 6.77. The number of nitrogens with one attached hydrogen (secondary N) is 1. The van der Waals surface area contributed by atoms with Crippen LogP contribution in [0.15, 0.2) is 18.2 Å². The number of rotatable bonds is 1. The average molecular weight is 281 g/mol. The van der Waals surface area contributed by atoms with Crippen LogP contribution in [0.5, 0.6) is 0 Å². The number of carbonyl (C=O) groups excluding carboxylic acids is 1. The molecular formula is C15H21ClN2O. The summed E-state index contributed by atoms with van der Waals surface area (Å²) in [6.07, 6.45) is 0. The number of amides is 1. The molecule has 2 atom stereocenters. The number of carbonyl (C=O) groups is 1. The van der Waals surface area contributed by atoms with Gasteiger partial charge in [0.05, 0.1) is 0 Å². The number of likely N-dealkylation sites (tertiary alicyclic amines) is 1. The fraction of sp³-hybridized carbons (Fsp3) is 0.533. The van der Waals surface area contributed by atoms with Crippen molar-refractivity contribution in [3.05, 3.63) is 34.9 Å². The van der Waals surface area contributed by atoms with Crippen LogP contribution >= 0.6 is 12.4 Å². The van der Waals surface area contributed by atoms with E-state index >= 15 is 0 Å². The van der Waals surface area contributed by atoms with Gasteiger partial charge in [-0.3, -0.25) is 4.79 Å². The van der Waals surface area contributed by atoms with E-state index in [0.29, 0.717) is 11.8 Å². The van der Waals surface area contributed by atoms with Crippen molar-refractivity contribution in [1.82, 2.24) is 10.2 Å². The summed E-state index contributed by atoms with van der Waals surface area (Å²) in [5.74, 6) is 1.43. The Kier molecular flexibility index (Phi) is 4.16. The highest BCUT2D eigenvalue weighted by Gasteiger charge is 2.30. The highest BCUT2D eigenvalue weighted by molar-refractivity contribution is 5.94. The van der Waals surface area contributed by atoms with Crippen LogP contribution in [0.2, 0.25) is 0 Å². The third-order valence-corrected chi connectivity index (χ3v) is 4.36. The molecule has 0 bridgehead atoms. The Morgan fingerprint density at radius 3 is 2.47 bits per heavy atom. The van der Waals surface area contributed by atoms with E-state index in [9.17, 15) is 4.79 Å². The zero-order valence-electron chi connectivity index (χ0n) is 11.5. The molecule has 0 spiro atoms. The van der Waals surface area contributed by atoms with Crippen LogP contribution in [0.25, 0.3) is 0 Å². The van der Waals surface area contributed by atoms with Crippen molar-refractivity contribution in [3.63, 3.8) is 0 Å². The van der Waals surface area contributed by atoms with Crippen LogP contribution in [0.3, 0.4) is 0 Å². The first-order chi connectivity index (χ1) is 8.65. The van der Waals surface area contributed by atoms with Gasteiger partial charge in [0.25, 0.3) is 5.91 Å². The molecule has 2 heterocycles. The molecule has 0 saturated carbocycles. The molecular weight excluding hydrogens is 260 g/mol. The summed E-state index contributed by atoms with van der Waals surface area (Å²) >= 11 is 0. The number of hydrogen-bond donors (Lipinski definition) is 1. The highest BCUT2D eigenvalue weighted by Crippen LogP contribution is 2.25. The largest absolute Gasteiger partial charge is 0.338 e. The van der Waals surface area contributed by atoms with E-state index in [1.807, 2.05) is 11.0 Å². The first-order valence-electron chi connectivity index (χ1n) is 6.77. The smallest absolute Gasteiger partial charge is 0.253 e. The maximum absolute atomic E-state index is 12.4. The Hall–Kier alpha value is -1.06. The van der Waals surface area contributed by atoms with E-state index < -0.39 is 0 Å². The van der Waals surface area contributed by atoms with Crippen LogP contribution in [0, 0.1) is 11.8 Å². The lowest BCUT2D eigenvalue weighted by atomic mass is 10.0. The van der Waals surface area contributed by atoms with Gasteiger partial charge in [-0.1, -0.05) is 19.9 Å². The number of fused-ring (bicyclic) bond motifs is 1. The second kappa shape index (κ2) is 5.51. The summed E-state index contributed by atoms with van der Waals surface area (Å²) < 4.78 is 0. The molecule has 0 radical (unpaired) electrons. The van der Waals surface area contributed by atoms with Gasteiger partial charge in [-0.05, 0) is 35.1 Å². The van der Waals surface area contributed by atoms with Crippen molar-refractivity contribution in [2.24, 2.45) is 11.8 Å². The third-order valence-electron chi connectivity index (χ3n) is 4.36. The maximum atomic E-state index is 12.4. The second-order valence-electron chi connectivity index (χ2n) is 5.75. The van der Waals surface area contributed by atoms with Crippen molar-refractivity contribution in [2.75, 3.05) is 13.1 Å². The molecule has 2 aliphatic rings. The Morgan fingerprint density at radius 1 is 1.16 bits per heavy atom. The molecule has 1 aromatic carbocycles. The average Bonchev–Trinajstić information content (AvgIpc) is 2.95. The lowest BCUT2D eigenvalue weighted by Gasteiger charge is -2.16. The van der Waals surface area contributed by atoms with Gasteiger partial charge in [-0.15, -0.1) is 12.4 Å². The van der Waals surface area contributed by atoms with Gasteiger partial charge in [-0.25, -0.2) is 0 Å². The predicted octanol–water partition coefficient (Wildman–Crippen LogP) is 2.44. The van der Waals surface area contributed by atoms with E-state index in [1.165, 1.54) is 11.1 Å². The van der Waals surface area contributed by atoms with Crippen LogP contribution in [-0.2, 0) is 13.1 Å². The second-order valence-corrected chi connectivity index (χ2v) is 5.75. The van der Waals surface area contributed by atoms with Gasteiger partial charge in [0.1, 0.15) is 0 Å². The minimum atomic E-state index is 0. The van der Waals surface area contributed by atoms with E-state index in [1.54, 1.807) is 0 Å². The number of hydrogen-bond acceptors (Lipinski definition) is 2. The molecule has 1 saturated heterocycles. The van der Waals surface area contributed by atoms with E-state index in [2.05, 4.69) is 31.3 Å². The lowest BCUT2D eigenvalue weighted by Crippen LogP contribution is -2.28. The van der Waals surface area contributed by atoms with Crippen LogP contribution in [-0.4, -0.2) is 23.9 Å². The van der Waals surface area contributed by atoms with Crippen molar-refractivity contribution >= 4 is 18.3 Å². The molecule has 2 unspecified atom stereocenters. The minimum Gasteiger partial charge on any atom is -0.338 e. The summed E-state index contributed by atoms with van der Waals surface area (Å²) in [4.78, 5) is 14.4. The predicted molar refractivity (Wildman–Crippen MR) is 78.5 cm³/mol. The Morgan fingerprint density at radius 2 is 1.79 bits per heavy atom. The molecule has 1 N–H and O–H groups in total. The molecule has 1 aromatic rings. The molecule has 2 aliphatic heterocycles. The summed E-state index contributed by atoms with van der Waals surface area (Å²) in [5, 5.41) is 3.31. The molecule has 3 nitrogen and oxygen atoms in total. The Bertz CT molecular complexity index is 479. The molecule has 1 amide bonds. The van der Waals surface area contributed by atoms with Crippen molar-refractivity contribution in [2.45, 2.75) is 26.9 Å². The normalized spacial score (nSPS) is 25.1. The molecule has 4 heteroatoms. The molecule has 0 aromatic heterocycles. The molecule has 0 aliphatic carbocycles. The van der Waals surface area contributed by atoms with Crippen molar-refractivity contribution < 1.29 is 4.79 Å². The Balaban J connectivity index is 0.00000133. The molecule has 1 fully saturated rings. The van der Waals surface area contributed by atoms with Gasteiger partial charge in [-0.2, -0.15) is 0 Å². The molecule has 104 valence electrons. The van der Waals surface area contributed by atoms with Crippen LogP contribution in [0.1, 0.15) is 35.3 Å². The lowest BCUT2D eigenvalue weighted by molar-refractivity contribution is 0.0785. The summed E-state index contributed by atoms with van der Waals surface area (Å²) in [6, 6.07) is 6.12. The zero-order chi connectivity index (χ0) is 12.7. The Labute approximate surface area is 120 Å². The van der Waals surface area contributed by atoms with Gasteiger partial charge in [0.15, 0.2) is 0 Å². The fourth-order valence-electron chi connectivity index (χ4n) is 2.91. The summed E-state index contributed by atoms with van der Waals surface area (Å²) in [7, 11) is 0. The van der Waals surface area contributed by atoms with Crippen LogP contribution in [0.4, 0.5) is 0 Å². The monoisotopic (exact) mass is 280 g/mol. The van der Waals surface area contributed by atoms with Crippen molar-refractivity contribution in [3.8, 4) is 0 Å². The minimum absolute atomic E-state index is 0. The van der Waals surface area contributed by atoms with Gasteiger partial charge >= 0.3 is 0 Å². The molecule has 3 rings (SSSR count).